The van der Waals surface area contributed by atoms with E-state index < -0.39 is 11.7 Å². The number of benzene rings is 1. The quantitative estimate of drug-likeness (QED) is 0.713. The second-order valence-corrected chi connectivity index (χ2v) is 5.63. The molecule has 0 N–H and O–H groups in total. The Labute approximate surface area is 141 Å². The lowest BCUT2D eigenvalue weighted by Gasteiger charge is -2.17. The molecule has 3 aromatic rings. The summed E-state index contributed by atoms with van der Waals surface area (Å²) in [5.74, 6) is 0.773. The zero-order chi connectivity index (χ0) is 17.4. The molecule has 0 saturated heterocycles. The summed E-state index contributed by atoms with van der Waals surface area (Å²) in [6.45, 7) is 0.569. The molecule has 0 amide bonds. The van der Waals surface area contributed by atoms with Crippen LogP contribution in [0.5, 0.6) is 0 Å². The third kappa shape index (κ3) is 2.90. The molecule has 1 aliphatic heterocycles. The lowest BCUT2D eigenvalue weighted by Crippen LogP contribution is -2.16. The second kappa shape index (κ2) is 5.80. The van der Waals surface area contributed by atoms with Gasteiger partial charge in [-0.25, -0.2) is 19.9 Å². The van der Waals surface area contributed by atoms with Crippen LogP contribution in [0, 0.1) is 0 Å². The van der Waals surface area contributed by atoms with Gasteiger partial charge in [0.25, 0.3) is 0 Å². The molecule has 5 nitrogen and oxygen atoms in total. The van der Waals surface area contributed by atoms with Crippen LogP contribution in [0.4, 0.5) is 18.9 Å². The van der Waals surface area contributed by atoms with E-state index in [2.05, 4.69) is 19.9 Å². The van der Waals surface area contributed by atoms with Crippen molar-refractivity contribution in [2.75, 3.05) is 4.90 Å². The Hall–Kier alpha value is -3.03. The molecule has 0 saturated carbocycles. The first-order valence-corrected chi connectivity index (χ1v) is 7.55. The molecule has 0 aliphatic carbocycles. The molecule has 3 heterocycles. The molecule has 0 radical (unpaired) electrons. The summed E-state index contributed by atoms with van der Waals surface area (Å²) in [6, 6.07) is 5.97. The molecule has 0 fully saturated rings. The van der Waals surface area contributed by atoms with Crippen LogP contribution in [-0.4, -0.2) is 19.9 Å². The molecule has 2 aromatic heterocycles. The molecule has 0 bridgehead atoms. The van der Waals surface area contributed by atoms with Crippen molar-refractivity contribution in [3.05, 3.63) is 65.7 Å². The number of nitrogens with zero attached hydrogens (tertiary/aromatic N) is 5. The number of rotatable bonds is 2. The minimum absolute atomic E-state index is 0.176. The molecule has 1 aromatic carbocycles. The van der Waals surface area contributed by atoms with E-state index in [1.165, 1.54) is 6.07 Å². The van der Waals surface area contributed by atoms with Crippen molar-refractivity contribution in [2.45, 2.75) is 19.3 Å². The van der Waals surface area contributed by atoms with Crippen LogP contribution in [0.3, 0.4) is 0 Å². The van der Waals surface area contributed by atoms with Crippen molar-refractivity contribution in [3.8, 4) is 11.6 Å². The van der Waals surface area contributed by atoms with E-state index in [1.807, 2.05) is 4.90 Å². The second-order valence-electron chi connectivity index (χ2n) is 5.63. The Balaban J connectivity index is 1.60. The topological polar surface area (TPSA) is 54.8 Å². The fourth-order valence-corrected chi connectivity index (χ4v) is 2.88. The van der Waals surface area contributed by atoms with Gasteiger partial charge in [0, 0.05) is 25.5 Å². The van der Waals surface area contributed by atoms with E-state index in [-0.39, 0.29) is 6.54 Å². The number of hydrogen-bond donors (Lipinski definition) is 0. The van der Waals surface area contributed by atoms with Gasteiger partial charge in [-0.05, 0) is 23.3 Å². The first-order chi connectivity index (χ1) is 12.0. The third-order valence-corrected chi connectivity index (χ3v) is 4.06. The van der Waals surface area contributed by atoms with Gasteiger partial charge in [-0.1, -0.05) is 12.1 Å². The van der Waals surface area contributed by atoms with Gasteiger partial charge in [0.2, 0.25) is 0 Å². The van der Waals surface area contributed by atoms with E-state index in [0.29, 0.717) is 35.0 Å². The fourth-order valence-electron chi connectivity index (χ4n) is 2.88. The highest BCUT2D eigenvalue weighted by molar-refractivity contribution is 5.54. The Morgan fingerprint density at radius 1 is 0.840 bits per heavy atom. The zero-order valence-electron chi connectivity index (χ0n) is 12.9. The first kappa shape index (κ1) is 15.5. The first-order valence-electron chi connectivity index (χ1n) is 7.55. The van der Waals surface area contributed by atoms with Crippen molar-refractivity contribution in [1.82, 2.24) is 19.9 Å². The summed E-state index contributed by atoms with van der Waals surface area (Å²) in [4.78, 5) is 18.4. The van der Waals surface area contributed by atoms with Gasteiger partial charge in [-0.2, -0.15) is 13.2 Å². The van der Waals surface area contributed by atoms with Crippen LogP contribution < -0.4 is 4.90 Å². The van der Waals surface area contributed by atoms with E-state index in [9.17, 15) is 13.2 Å². The van der Waals surface area contributed by atoms with Crippen LogP contribution in [0.15, 0.2) is 49.1 Å². The fraction of sp³-hybridized carbons (Fsp3) is 0.176. The van der Waals surface area contributed by atoms with Crippen molar-refractivity contribution >= 4 is 5.69 Å². The van der Waals surface area contributed by atoms with Crippen molar-refractivity contribution in [3.63, 3.8) is 0 Å². The van der Waals surface area contributed by atoms with E-state index in [1.54, 1.807) is 36.9 Å². The van der Waals surface area contributed by atoms with Gasteiger partial charge in [0.1, 0.15) is 0 Å². The normalized spacial score (nSPS) is 13.8. The molecule has 1 aliphatic rings. The van der Waals surface area contributed by atoms with Gasteiger partial charge in [-0.3, -0.25) is 0 Å². The Kier molecular flexibility index (Phi) is 3.60. The number of anilines is 1. The lowest BCUT2D eigenvalue weighted by molar-refractivity contribution is -0.138. The highest BCUT2D eigenvalue weighted by Crippen LogP contribution is 2.38. The number of alkyl halides is 3. The molecular formula is C17H12F3N5. The standard InChI is InChI=1S/C17H12F3N5/c18-17(19,20)14-4-1-3-11-9-25(10-13(11)14)12-7-23-16(24-8-12)15-21-5-2-6-22-15/h1-8H,9-10H2. The smallest absolute Gasteiger partial charge is 0.360 e. The summed E-state index contributed by atoms with van der Waals surface area (Å²) in [5.41, 5.74) is 1.06. The number of halogens is 3. The molecule has 0 atom stereocenters. The van der Waals surface area contributed by atoms with Gasteiger partial charge in [0.05, 0.1) is 23.6 Å². The predicted octanol–water partition coefficient (Wildman–Crippen LogP) is 3.47. The van der Waals surface area contributed by atoms with Gasteiger partial charge < -0.3 is 4.90 Å². The maximum atomic E-state index is 13.2. The van der Waals surface area contributed by atoms with E-state index in [4.69, 9.17) is 0 Å². The summed E-state index contributed by atoms with van der Waals surface area (Å²) in [5, 5.41) is 0. The van der Waals surface area contributed by atoms with Crippen molar-refractivity contribution < 1.29 is 13.2 Å². The molecule has 25 heavy (non-hydrogen) atoms. The highest BCUT2D eigenvalue weighted by atomic mass is 19.4. The largest absolute Gasteiger partial charge is 0.416 e. The summed E-state index contributed by atoms with van der Waals surface area (Å²) in [6.07, 6.45) is 1.99. The molecule has 8 heteroatoms. The summed E-state index contributed by atoms with van der Waals surface area (Å²) >= 11 is 0. The van der Waals surface area contributed by atoms with E-state index >= 15 is 0 Å². The predicted molar refractivity (Wildman–Crippen MR) is 84.4 cm³/mol. The number of aromatic nitrogens is 4. The molecule has 126 valence electrons. The molecular weight excluding hydrogens is 331 g/mol. The minimum Gasteiger partial charge on any atom is -0.360 e. The van der Waals surface area contributed by atoms with Gasteiger partial charge in [0.15, 0.2) is 11.6 Å². The van der Waals surface area contributed by atoms with Gasteiger partial charge >= 0.3 is 6.18 Å². The number of fused-ring (bicyclic) bond motifs is 1. The minimum atomic E-state index is -4.35. The van der Waals surface area contributed by atoms with Crippen molar-refractivity contribution in [2.24, 2.45) is 0 Å². The Morgan fingerprint density at radius 2 is 1.52 bits per heavy atom. The Morgan fingerprint density at radius 3 is 2.20 bits per heavy atom. The molecule has 0 spiro atoms. The average Bonchev–Trinajstić information content (AvgIpc) is 3.06. The lowest BCUT2D eigenvalue weighted by atomic mass is 10.0. The molecule has 0 unspecified atom stereocenters. The summed E-state index contributed by atoms with van der Waals surface area (Å²) in [7, 11) is 0. The van der Waals surface area contributed by atoms with Crippen LogP contribution in [0.25, 0.3) is 11.6 Å². The van der Waals surface area contributed by atoms with Crippen LogP contribution in [0.1, 0.15) is 16.7 Å². The summed E-state index contributed by atoms with van der Waals surface area (Å²) < 4.78 is 39.5. The maximum Gasteiger partial charge on any atom is 0.416 e. The Bertz CT molecular complexity index is 894. The maximum absolute atomic E-state index is 13.2. The average molecular weight is 343 g/mol. The zero-order valence-corrected chi connectivity index (χ0v) is 12.9. The van der Waals surface area contributed by atoms with Crippen LogP contribution in [-0.2, 0) is 19.3 Å². The molecule has 4 rings (SSSR count). The van der Waals surface area contributed by atoms with Crippen LogP contribution in [0.2, 0.25) is 0 Å². The van der Waals surface area contributed by atoms with E-state index in [0.717, 1.165) is 6.07 Å². The highest BCUT2D eigenvalue weighted by Gasteiger charge is 2.36. The monoisotopic (exact) mass is 343 g/mol. The van der Waals surface area contributed by atoms with Crippen LogP contribution >= 0.6 is 0 Å². The van der Waals surface area contributed by atoms with Crippen molar-refractivity contribution in [1.29, 1.82) is 0 Å². The van der Waals surface area contributed by atoms with Gasteiger partial charge in [-0.15, -0.1) is 0 Å². The number of hydrogen-bond acceptors (Lipinski definition) is 5. The SMILES string of the molecule is FC(F)(F)c1cccc2c1CN(c1cnc(-c3ncccn3)nc1)C2. The third-order valence-electron chi connectivity index (χ3n) is 4.06.